The molecule has 246 valence electrons. The molecule has 2 saturated heterocycles. The molecule has 2 aromatic rings. The molecule has 46 heavy (non-hydrogen) atoms. The minimum Gasteiger partial charge on any atom is -0.478 e. The first-order chi connectivity index (χ1) is 22.0. The zero-order valence-corrected chi connectivity index (χ0v) is 25.1. The van der Waals surface area contributed by atoms with Crippen molar-refractivity contribution in [1.29, 1.82) is 0 Å². The van der Waals surface area contributed by atoms with Gasteiger partial charge in [-0.2, -0.15) is 0 Å². The molecule has 3 aliphatic rings. The van der Waals surface area contributed by atoms with Gasteiger partial charge in [0.2, 0.25) is 0 Å². The highest BCUT2D eigenvalue weighted by Gasteiger charge is 2.42. The van der Waals surface area contributed by atoms with Crippen LogP contribution >= 0.6 is 0 Å². The van der Waals surface area contributed by atoms with Gasteiger partial charge in [0.1, 0.15) is 11.9 Å². The van der Waals surface area contributed by atoms with Crippen LogP contribution in [0.5, 0.6) is 0 Å². The maximum absolute atomic E-state index is 9.55. The van der Waals surface area contributed by atoms with E-state index in [0.717, 1.165) is 32.2 Å². The topological polar surface area (TPSA) is 220 Å². The van der Waals surface area contributed by atoms with E-state index in [2.05, 4.69) is 58.6 Å². The van der Waals surface area contributed by atoms with Gasteiger partial charge in [-0.05, 0) is 60.8 Å². The molecule has 2 atom stereocenters. The molecule has 0 saturated carbocycles. The predicted molar refractivity (Wildman–Crippen MR) is 167 cm³/mol. The molecule has 13 heteroatoms. The number of hydrogen-bond acceptors (Lipinski definition) is 8. The number of carbonyl (C=O) groups is 4. The summed E-state index contributed by atoms with van der Waals surface area (Å²) in [5.74, 6) is -4.71. The lowest BCUT2D eigenvalue weighted by Gasteiger charge is -2.40. The van der Waals surface area contributed by atoms with Crippen molar-refractivity contribution < 1.29 is 49.5 Å². The monoisotopic (exact) mass is 637 g/mol. The highest BCUT2D eigenvalue weighted by molar-refractivity contribution is 5.90. The van der Waals surface area contributed by atoms with E-state index in [1.54, 1.807) is 0 Å². The zero-order chi connectivity index (χ0) is 33.6. The average Bonchev–Trinajstić information content (AvgIpc) is 3.18. The lowest BCUT2D eigenvalue weighted by atomic mass is 9.95. The van der Waals surface area contributed by atoms with E-state index >= 15 is 0 Å². The Hall–Kier alpha value is -5.01. The summed E-state index contributed by atoms with van der Waals surface area (Å²) in [4.78, 5) is 40.8. The van der Waals surface area contributed by atoms with Crippen LogP contribution in [-0.4, -0.2) is 85.0 Å². The number of benzene rings is 2. The van der Waals surface area contributed by atoms with Crippen LogP contribution in [0.4, 0.5) is 0 Å². The van der Waals surface area contributed by atoms with Crippen molar-refractivity contribution in [2.45, 2.75) is 69.2 Å². The molecule has 2 aliphatic heterocycles. The number of piperidine rings is 1. The van der Waals surface area contributed by atoms with Gasteiger partial charge in [-0.1, -0.05) is 53.7 Å². The normalized spacial score (nSPS) is 20.8. The van der Waals surface area contributed by atoms with Crippen LogP contribution in [0.15, 0.2) is 78.0 Å². The van der Waals surface area contributed by atoms with Gasteiger partial charge in [-0.25, -0.2) is 19.2 Å². The number of rotatable bonds is 9. The third kappa shape index (κ3) is 10.9. The number of fused-ring (bicyclic) bond motifs is 4. The number of carboxylic acids is 4. The molecule has 0 spiro atoms. The molecule has 2 aromatic carbocycles. The van der Waals surface area contributed by atoms with Gasteiger partial charge in [0.15, 0.2) is 0 Å². The summed E-state index contributed by atoms with van der Waals surface area (Å²) in [5.41, 5.74) is 11.2. The standard InChI is InChI=1S/C25H31N3O2.2C4H4O4/c26-24(27-29)13-14-28-19-11-12-20(28)16-21(15-19)30-25-22-7-3-1-5-17(22)9-10-18-6-2-4-8-23(18)25;2*5-3(6)1-2-4(7)8/h1-8,19-21,25,29H,9-16H2,(H2,26,27);2*1-2H,(H,5,6)(H,7,8)/b;2*2-1-. The van der Waals surface area contributed by atoms with E-state index in [1.165, 1.54) is 35.1 Å². The number of nitrogens with zero attached hydrogens (tertiary/aromatic N) is 2. The van der Waals surface area contributed by atoms with Crippen molar-refractivity contribution >= 4 is 29.7 Å². The Kier molecular flexibility index (Phi) is 13.5. The quantitative estimate of drug-likeness (QED) is 0.0765. The maximum atomic E-state index is 9.55. The van der Waals surface area contributed by atoms with Crippen LogP contribution in [-0.2, 0) is 36.8 Å². The molecular weight excluding hydrogens is 598 g/mol. The number of aliphatic carboxylic acids is 4. The largest absolute Gasteiger partial charge is 0.478 e. The van der Waals surface area contributed by atoms with Crippen molar-refractivity contribution in [3.63, 3.8) is 0 Å². The first-order valence-electron chi connectivity index (χ1n) is 14.8. The molecule has 7 N–H and O–H groups in total. The number of nitrogens with two attached hydrogens (primary N) is 1. The molecular formula is C33H39N3O10. The Morgan fingerprint density at radius 3 is 1.57 bits per heavy atom. The van der Waals surface area contributed by atoms with Gasteiger partial charge in [-0.15, -0.1) is 0 Å². The fraction of sp³-hybridized carbons (Fsp3) is 0.364. The number of amidine groups is 1. The summed E-state index contributed by atoms with van der Waals surface area (Å²) >= 11 is 0. The van der Waals surface area contributed by atoms with Gasteiger partial charge in [-0.3, -0.25) is 4.90 Å². The molecule has 2 unspecified atom stereocenters. The SMILES string of the molecule is N/C(CCN1C2CCC1CC(OC1c3ccccc3CCc3ccccc31)C2)=N\O.O=C(O)/C=C\C(=O)O.O=C(O)/C=C\C(=O)O. The Labute approximate surface area is 265 Å². The Morgan fingerprint density at radius 2 is 1.17 bits per heavy atom. The van der Waals surface area contributed by atoms with Crippen molar-refractivity contribution in [3.8, 4) is 0 Å². The minimum atomic E-state index is -1.26. The van der Waals surface area contributed by atoms with Crippen LogP contribution < -0.4 is 5.73 Å². The van der Waals surface area contributed by atoms with Crippen LogP contribution in [0.1, 0.15) is 60.5 Å². The minimum absolute atomic E-state index is 0.0213. The second-order valence-electron chi connectivity index (χ2n) is 11.0. The Balaban J connectivity index is 0.000000299. The maximum Gasteiger partial charge on any atom is 0.328 e. The lowest BCUT2D eigenvalue weighted by Crippen LogP contribution is -2.46. The summed E-state index contributed by atoms with van der Waals surface area (Å²) in [5, 5.41) is 43.2. The summed E-state index contributed by atoms with van der Waals surface area (Å²) in [6.07, 6.45) is 9.86. The lowest BCUT2D eigenvalue weighted by molar-refractivity contribution is -0.134. The van der Waals surface area contributed by atoms with E-state index in [9.17, 15) is 19.2 Å². The fourth-order valence-electron chi connectivity index (χ4n) is 6.09. The van der Waals surface area contributed by atoms with Gasteiger partial charge in [0, 0.05) is 49.4 Å². The van der Waals surface area contributed by atoms with Crippen LogP contribution in [0.25, 0.3) is 0 Å². The summed E-state index contributed by atoms with van der Waals surface area (Å²) in [6, 6.07) is 18.7. The summed E-state index contributed by atoms with van der Waals surface area (Å²) in [7, 11) is 0. The van der Waals surface area contributed by atoms with Crippen molar-refractivity contribution in [1.82, 2.24) is 4.90 Å². The molecule has 2 bridgehead atoms. The van der Waals surface area contributed by atoms with Crippen molar-refractivity contribution in [2.24, 2.45) is 10.9 Å². The average molecular weight is 638 g/mol. The third-order valence-electron chi connectivity index (χ3n) is 8.00. The van der Waals surface area contributed by atoms with E-state index in [1.807, 2.05) is 0 Å². The second-order valence-corrected chi connectivity index (χ2v) is 11.0. The number of oxime groups is 1. The third-order valence-corrected chi connectivity index (χ3v) is 8.00. The van der Waals surface area contributed by atoms with Gasteiger partial charge >= 0.3 is 23.9 Å². The highest BCUT2D eigenvalue weighted by atomic mass is 16.5. The fourth-order valence-corrected chi connectivity index (χ4v) is 6.09. The van der Waals surface area contributed by atoms with Crippen LogP contribution in [0, 0.1) is 0 Å². The molecule has 5 rings (SSSR count). The van der Waals surface area contributed by atoms with Gasteiger partial charge < -0.3 is 36.1 Å². The van der Waals surface area contributed by atoms with E-state index in [0.29, 0.717) is 48.6 Å². The zero-order valence-electron chi connectivity index (χ0n) is 25.1. The van der Waals surface area contributed by atoms with E-state index < -0.39 is 23.9 Å². The first kappa shape index (κ1) is 35.5. The molecule has 1 aliphatic carbocycles. The summed E-state index contributed by atoms with van der Waals surface area (Å²) in [6.45, 7) is 0.868. The first-order valence-corrected chi connectivity index (χ1v) is 14.8. The molecule has 0 aromatic heterocycles. The van der Waals surface area contributed by atoms with Crippen molar-refractivity contribution in [3.05, 3.63) is 95.1 Å². The number of ether oxygens (including phenoxy) is 1. The number of carboxylic acid groups (broad SMARTS) is 4. The smallest absolute Gasteiger partial charge is 0.328 e. The van der Waals surface area contributed by atoms with Gasteiger partial charge in [0.25, 0.3) is 0 Å². The Morgan fingerprint density at radius 1 is 0.761 bits per heavy atom. The van der Waals surface area contributed by atoms with Crippen molar-refractivity contribution in [2.75, 3.05) is 6.54 Å². The second kappa shape index (κ2) is 17.5. The Bertz CT molecular complexity index is 1340. The van der Waals surface area contributed by atoms with Gasteiger partial charge in [0.05, 0.1) is 6.10 Å². The predicted octanol–water partition coefficient (Wildman–Crippen LogP) is 3.45. The number of aryl methyl sites for hydroxylation is 2. The molecule has 0 radical (unpaired) electrons. The van der Waals surface area contributed by atoms with E-state index in [-0.39, 0.29) is 12.2 Å². The van der Waals surface area contributed by atoms with Crippen LogP contribution in [0.3, 0.4) is 0 Å². The molecule has 2 heterocycles. The summed E-state index contributed by atoms with van der Waals surface area (Å²) < 4.78 is 6.93. The molecule has 2 fully saturated rings. The molecule has 0 amide bonds. The van der Waals surface area contributed by atoms with E-state index in [4.69, 9.17) is 36.1 Å². The molecule has 13 nitrogen and oxygen atoms in total. The van der Waals surface area contributed by atoms with Crippen LogP contribution in [0.2, 0.25) is 0 Å². The highest BCUT2D eigenvalue weighted by Crippen LogP contribution is 2.41. The number of hydrogen-bond donors (Lipinski definition) is 6.